The molecule has 1 aromatic rings. The van der Waals surface area contributed by atoms with Gasteiger partial charge in [0.05, 0.1) is 18.6 Å². The van der Waals surface area contributed by atoms with Crippen molar-refractivity contribution in [3.63, 3.8) is 0 Å². The van der Waals surface area contributed by atoms with E-state index in [1.54, 1.807) is 6.26 Å². The van der Waals surface area contributed by atoms with Gasteiger partial charge in [0.25, 0.3) is 0 Å². The van der Waals surface area contributed by atoms with Crippen LogP contribution in [0.5, 0.6) is 0 Å². The number of amides is 1. The minimum absolute atomic E-state index is 0. The number of nitrogens with one attached hydrogen (secondary N) is 1. The van der Waals surface area contributed by atoms with Crippen LogP contribution < -0.4 is 11.1 Å². The summed E-state index contributed by atoms with van der Waals surface area (Å²) in [5.74, 6) is 0.234. The van der Waals surface area contributed by atoms with Crippen LogP contribution in [-0.2, 0) is 20.3 Å². The van der Waals surface area contributed by atoms with Crippen molar-refractivity contribution in [3.8, 4) is 0 Å². The number of carbonyl (C=O) groups is 1. The third kappa shape index (κ3) is 7.57. The van der Waals surface area contributed by atoms with Gasteiger partial charge in [-0.3, -0.25) is 9.00 Å². The molecule has 120 valence electrons. The molecule has 0 saturated carbocycles. The number of rotatable bonds is 8. The highest BCUT2D eigenvalue weighted by Crippen LogP contribution is 2.14. The average Bonchev–Trinajstić information content (AvgIpc) is 2.44. The Morgan fingerprint density at radius 2 is 2.00 bits per heavy atom. The Balaban J connectivity index is 0.00000400. The Kier molecular flexibility index (Phi) is 10.2. The SMILES string of the molecule is COC(CN)CC(=O)NC(CS(C)=O)c1ccccc1.Cl. The van der Waals surface area contributed by atoms with Gasteiger partial charge in [0, 0.05) is 36.5 Å². The highest BCUT2D eigenvalue weighted by atomic mass is 35.5. The summed E-state index contributed by atoms with van der Waals surface area (Å²) in [6.07, 6.45) is 1.53. The van der Waals surface area contributed by atoms with E-state index in [1.807, 2.05) is 30.3 Å². The molecule has 3 unspecified atom stereocenters. The van der Waals surface area contributed by atoms with E-state index >= 15 is 0 Å². The zero-order chi connectivity index (χ0) is 15.0. The second-order valence-electron chi connectivity index (χ2n) is 4.57. The molecule has 3 N–H and O–H groups in total. The summed E-state index contributed by atoms with van der Waals surface area (Å²) < 4.78 is 16.6. The van der Waals surface area contributed by atoms with E-state index in [-0.39, 0.29) is 36.9 Å². The molecular weight excluding hydrogens is 312 g/mol. The van der Waals surface area contributed by atoms with E-state index in [2.05, 4.69) is 5.32 Å². The van der Waals surface area contributed by atoms with Crippen molar-refractivity contribution in [3.05, 3.63) is 35.9 Å². The van der Waals surface area contributed by atoms with E-state index in [9.17, 15) is 9.00 Å². The lowest BCUT2D eigenvalue weighted by molar-refractivity contribution is -0.124. The Hall–Kier alpha value is -0.950. The van der Waals surface area contributed by atoms with Gasteiger partial charge >= 0.3 is 0 Å². The van der Waals surface area contributed by atoms with Crippen LogP contribution in [0.15, 0.2) is 30.3 Å². The summed E-state index contributed by atoms with van der Waals surface area (Å²) in [4.78, 5) is 12.0. The molecule has 1 aromatic carbocycles. The zero-order valence-electron chi connectivity index (χ0n) is 12.3. The van der Waals surface area contributed by atoms with Crippen molar-refractivity contribution in [2.45, 2.75) is 18.6 Å². The predicted molar refractivity (Wildman–Crippen MR) is 88.0 cm³/mol. The molecule has 0 radical (unpaired) electrons. The molecule has 0 bridgehead atoms. The number of benzene rings is 1. The number of hydrogen-bond donors (Lipinski definition) is 2. The minimum Gasteiger partial charge on any atom is -0.380 e. The first-order chi connectivity index (χ1) is 9.56. The zero-order valence-corrected chi connectivity index (χ0v) is 13.9. The largest absolute Gasteiger partial charge is 0.380 e. The van der Waals surface area contributed by atoms with Crippen LogP contribution in [-0.4, -0.2) is 41.9 Å². The van der Waals surface area contributed by atoms with Gasteiger partial charge in [-0.15, -0.1) is 12.4 Å². The average molecular weight is 335 g/mol. The fourth-order valence-electron chi connectivity index (χ4n) is 1.86. The first-order valence-corrected chi connectivity index (χ1v) is 8.16. The van der Waals surface area contributed by atoms with Crippen molar-refractivity contribution < 1.29 is 13.7 Å². The summed E-state index contributed by atoms with van der Waals surface area (Å²) in [6, 6.07) is 9.25. The maximum absolute atomic E-state index is 12.0. The monoisotopic (exact) mass is 334 g/mol. The number of halogens is 1. The van der Waals surface area contributed by atoms with Crippen LogP contribution in [0.4, 0.5) is 0 Å². The Morgan fingerprint density at radius 3 is 2.48 bits per heavy atom. The molecule has 7 heteroatoms. The van der Waals surface area contributed by atoms with E-state index in [0.717, 1.165) is 5.56 Å². The van der Waals surface area contributed by atoms with Crippen molar-refractivity contribution in [2.24, 2.45) is 5.73 Å². The quantitative estimate of drug-likeness (QED) is 0.743. The molecule has 5 nitrogen and oxygen atoms in total. The smallest absolute Gasteiger partial charge is 0.223 e. The standard InChI is InChI=1S/C14H22N2O3S.ClH/c1-19-12(9-15)8-14(17)16-13(10-20(2)18)11-6-4-3-5-7-11;/h3-7,12-13H,8-10,15H2,1-2H3,(H,16,17);1H. The van der Waals surface area contributed by atoms with E-state index < -0.39 is 10.8 Å². The molecule has 1 rings (SSSR count). The third-order valence-corrected chi connectivity index (χ3v) is 3.75. The van der Waals surface area contributed by atoms with Gasteiger partial charge in [-0.1, -0.05) is 30.3 Å². The van der Waals surface area contributed by atoms with Gasteiger partial charge in [0.15, 0.2) is 0 Å². The first kappa shape index (κ1) is 20.1. The topological polar surface area (TPSA) is 81.4 Å². The van der Waals surface area contributed by atoms with Crippen LogP contribution in [0.1, 0.15) is 18.0 Å². The maximum atomic E-state index is 12.0. The molecule has 0 fully saturated rings. The van der Waals surface area contributed by atoms with Gasteiger partial charge in [0.2, 0.25) is 5.91 Å². The number of ether oxygens (including phenoxy) is 1. The molecule has 21 heavy (non-hydrogen) atoms. The van der Waals surface area contributed by atoms with E-state index in [1.165, 1.54) is 7.11 Å². The Labute approximate surface area is 134 Å². The second kappa shape index (κ2) is 10.7. The summed E-state index contributed by atoms with van der Waals surface area (Å²) in [6.45, 7) is 0.291. The minimum atomic E-state index is -0.999. The molecule has 0 aliphatic rings. The highest BCUT2D eigenvalue weighted by Gasteiger charge is 2.18. The molecule has 1 amide bonds. The van der Waals surface area contributed by atoms with Crippen LogP contribution >= 0.6 is 12.4 Å². The van der Waals surface area contributed by atoms with Gasteiger partial charge in [0.1, 0.15) is 0 Å². The molecule has 0 heterocycles. The first-order valence-electron chi connectivity index (χ1n) is 6.44. The summed E-state index contributed by atoms with van der Waals surface area (Å²) in [5, 5.41) is 2.90. The number of hydrogen-bond acceptors (Lipinski definition) is 4. The molecule has 0 aliphatic carbocycles. The number of methoxy groups -OCH3 is 1. The fraction of sp³-hybridized carbons (Fsp3) is 0.500. The van der Waals surface area contributed by atoms with Crippen molar-refractivity contribution in [2.75, 3.05) is 25.7 Å². The predicted octanol–water partition coefficient (Wildman–Crippen LogP) is 1.01. The van der Waals surface area contributed by atoms with Gasteiger partial charge in [-0.25, -0.2) is 0 Å². The third-order valence-electron chi connectivity index (χ3n) is 2.95. The molecular formula is C14H23ClN2O3S. The van der Waals surface area contributed by atoms with Crippen molar-refractivity contribution in [1.82, 2.24) is 5.32 Å². The molecule has 0 aromatic heterocycles. The molecule has 0 spiro atoms. The normalized spacial score (nSPS) is 14.6. The van der Waals surface area contributed by atoms with Gasteiger partial charge < -0.3 is 15.8 Å². The van der Waals surface area contributed by atoms with Crippen molar-refractivity contribution >= 4 is 29.1 Å². The molecule has 0 aliphatic heterocycles. The van der Waals surface area contributed by atoms with E-state index in [4.69, 9.17) is 10.5 Å². The fourth-order valence-corrected chi connectivity index (χ4v) is 2.61. The summed E-state index contributed by atoms with van der Waals surface area (Å²) in [5.41, 5.74) is 6.44. The lowest BCUT2D eigenvalue weighted by Gasteiger charge is -2.20. The maximum Gasteiger partial charge on any atom is 0.223 e. The van der Waals surface area contributed by atoms with Crippen LogP contribution in [0.2, 0.25) is 0 Å². The Bertz CT molecular complexity index is 441. The van der Waals surface area contributed by atoms with E-state index in [0.29, 0.717) is 12.3 Å². The summed E-state index contributed by atoms with van der Waals surface area (Å²) in [7, 11) is 0.529. The lowest BCUT2D eigenvalue weighted by Crippen LogP contribution is -2.36. The molecule has 3 atom stereocenters. The van der Waals surface area contributed by atoms with Crippen LogP contribution in [0, 0.1) is 0 Å². The highest BCUT2D eigenvalue weighted by molar-refractivity contribution is 7.84. The van der Waals surface area contributed by atoms with Crippen molar-refractivity contribution in [1.29, 1.82) is 0 Å². The lowest BCUT2D eigenvalue weighted by atomic mass is 10.1. The summed E-state index contributed by atoms with van der Waals surface area (Å²) >= 11 is 0. The van der Waals surface area contributed by atoms with Gasteiger partial charge in [-0.2, -0.15) is 0 Å². The van der Waals surface area contributed by atoms with Crippen LogP contribution in [0.3, 0.4) is 0 Å². The second-order valence-corrected chi connectivity index (χ2v) is 6.05. The Morgan fingerprint density at radius 1 is 1.38 bits per heavy atom. The molecule has 0 saturated heterocycles. The number of nitrogens with two attached hydrogens (primary N) is 1. The van der Waals surface area contributed by atoms with Gasteiger partial charge in [-0.05, 0) is 5.56 Å². The van der Waals surface area contributed by atoms with Crippen LogP contribution in [0.25, 0.3) is 0 Å². The number of carbonyl (C=O) groups excluding carboxylic acids is 1.